The number of anilines is 2. The summed E-state index contributed by atoms with van der Waals surface area (Å²) in [7, 11) is 0. The largest absolute Gasteiger partial charge is 0.489 e. The van der Waals surface area contributed by atoms with Crippen molar-refractivity contribution in [1.82, 2.24) is 0 Å². The van der Waals surface area contributed by atoms with E-state index in [1.165, 1.54) is 0 Å². The number of halogens is 2. The van der Waals surface area contributed by atoms with Gasteiger partial charge in [-0.2, -0.15) is 0 Å². The Bertz CT molecular complexity index is 710. The molecule has 0 spiro atoms. The van der Waals surface area contributed by atoms with Crippen molar-refractivity contribution >= 4 is 40.5 Å². The Labute approximate surface area is 157 Å². The fraction of sp³-hybridized carbons (Fsp3) is 0.278. The molecule has 1 amide bonds. The van der Waals surface area contributed by atoms with Crippen LogP contribution in [0.2, 0.25) is 10.0 Å². The molecule has 0 aliphatic rings. The zero-order chi connectivity index (χ0) is 18.1. The van der Waals surface area contributed by atoms with E-state index in [1.54, 1.807) is 30.3 Å². The summed E-state index contributed by atoms with van der Waals surface area (Å²) < 4.78 is 10.9. The van der Waals surface area contributed by atoms with E-state index < -0.39 is 0 Å². The summed E-state index contributed by atoms with van der Waals surface area (Å²) in [6, 6.07) is 12.4. The van der Waals surface area contributed by atoms with Crippen molar-refractivity contribution in [2.45, 2.75) is 6.92 Å². The third-order valence-electron chi connectivity index (χ3n) is 3.24. The fourth-order valence-corrected chi connectivity index (χ4v) is 2.43. The number of para-hydroxylation sites is 2. The van der Waals surface area contributed by atoms with Crippen LogP contribution in [0.25, 0.3) is 0 Å². The van der Waals surface area contributed by atoms with E-state index in [2.05, 4.69) is 10.6 Å². The zero-order valence-corrected chi connectivity index (χ0v) is 15.4. The monoisotopic (exact) mass is 382 g/mol. The summed E-state index contributed by atoms with van der Waals surface area (Å²) in [4.78, 5) is 12.2. The van der Waals surface area contributed by atoms with Crippen LogP contribution in [0.4, 0.5) is 11.4 Å². The minimum Gasteiger partial charge on any atom is -0.489 e. The first-order valence-electron chi connectivity index (χ1n) is 7.89. The Morgan fingerprint density at radius 1 is 1.04 bits per heavy atom. The average molecular weight is 383 g/mol. The molecular formula is C18H20Cl2N2O3. The van der Waals surface area contributed by atoms with Gasteiger partial charge in [-0.1, -0.05) is 41.4 Å². The predicted molar refractivity (Wildman–Crippen MR) is 102 cm³/mol. The molecule has 134 valence electrons. The second-order valence-corrected chi connectivity index (χ2v) is 5.83. The highest BCUT2D eigenvalue weighted by Crippen LogP contribution is 2.29. The van der Waals surface area contributed by atoms with E-state index in [0.717, 1.165) is 0 Å². The molecule has 0 radical (unpaired) electrons. The lowest BCUT2D eigenvalue weighted by molar-refractivity contribution is -0.114. The molecule has 5 nitrogen and oxygen atoms in total. The highest BCUT2D eigenvalue weighted by atomic mass is 35.5. The molecule has 0 unspecified atom stereocenters. The molecule has 25 heavy (non-hydrogen) atoms. The molecule has 0 aliphatic carbocycles. The van der Waals surface area contributed by atoms with Crippen LogP contribution in [-0.4, -0.2) is 32.3 Å². The maximum atomic E-state index is 12.2. The van der Waals surface area contributed by atoms with E-state index in [9.17, 15) is 4.79 Å². The summed E-state index contributed by atoms with van der Waals surface area (Å²) in [5.74, 6) is 0.369. The number of carbonyl (C=O) groups excluding carboxylic acids is 1. The number of nitrogens with one attached hydrogen (secondary N) is 2. The Kier molecular flexibility index (Phi) is 7.85. The van der Waals surface area contributed by atoms with Crippen LogP contribution in [0.1, 0.15) is 6.92 Å². The van der Waals surface area contributed by atoms with E-state index >= 15 is 0 Å². The number of hydrogen-bond donors (Lipinski definition) is 2. The van der Waals surface area contributed by atoms with E-state index in [1.807, 2.05) is 19.1 Å². The Morgan fingerprint density at radius 3 is 2.60 bits per heavy atom. The summed E-state index contributed by atoms with van der Waals surface area (Å²) in [5.41, 5.74) is 1.20. The first kappa shape index (κ1) is 19.4. The molecule has 0 fully saturated rings. The fourth-order valence-electron chi connectivity index (χ4n) is 2.06. The van der Waals surface area contributed by atoms with Gasteiger partial charge in [0, 0.05) is 6.61 Å². The lowest BCUT2D eigenvalue weighted by Gasteiger charge is -2.13. The standard InChI is InChI=1S/C18H20Cl2N2O3/c1-2-24-10-11-25-16-9-4-3-7-14(16)22-17(23)12-21-15-8-5-6-13(19)18(15)20/h3-9,21H,2,10-12H2,1H3,(H,22,23). The van der Waals surface area contributed by atoms with Gasteiger partial charge < -0.3 is 20.1 Å². The first-order valence-corrected chi connectivity index (χ1v) is 8.64. The summed E-state index contributed by atoms with van der Waals surface area (Å²) in [6.45, 7) is 3.52. The number of amides is 1. The lowest BCUT2D eigenvalue weighted by atomic mass is 10.3. The van der Waals surface area contributed by atoms with Crippen LogP contribution in [0.15, 0.2) is 42.5 Å². The molecule has 2 aromatic rings. The average Bonchev–Trinajstić information content (AvgIpc) is 2.61. The minimum atomic E-state index is -0.225. The number of benzene rings is 2. The van der Waals surface area contributed by atoms with Crippen molar-refractivity contribution in [2.75, 3.05) is 37.0 Å². The topological polar surface area (TPSA) is 59.6 Å². The van der Waals surface area contributed by atoms with Gasteiger partial charge in [-0.3, -0.25) is 4.79 Å². The molecule has 2 aromatic carbocycles. The molecule has 0 saturated carbocycles. The highest BCUT2D eigenvalue weighted by Gasteiger charge is 2.09. The van der Waals surface area contributed by atoms with Crippen molar-refractivity contribution in [3.05, 3.63) is 52.5 Å². The van der Waals surface area contributed by atoms with Crippen LogP contribution in [0.5, 0.6) is 5.75 Å². The van der Waals surface area contributed by atoms with Crippen molar-refractivity contribution in [3.63, 3.8) is 0 Å². The van der Waals surface area contributed by atoms with Gasteiger partial charge in [-0.05, 0) is 31.2 Å². The van der Waals surface area contributed by atoms with Crippen LogP contribution >= 0.6 is 23.2 Å². The second-order valence-electron chi connectivity index (χ2n) is 5.04. The van der Waals surface area contributed by atoms with Crippen molar-refractivity contribution in [2.24, 2.45) is 0 Å². The molecule has 0 heterocycles. The van der Waals surface area contributed by atoms with Crippen molar-refractivity contribution in [1.29, 1.82) is 0 Å². The number of hydrogen-bond acceptors (Lipinski definition) is 4. The summed E-state index contributed by atoms with van der Waals surface area (Å²) >= 11 is 12.0. The van der Waals surface area contributed by atoms with E-state index in [4.69, 9.17) is 32.7 Å². The predicted octanol–water partition coefficient (Wildman–Crippen LogP) is 4.46. The second kappa shape index (κ2) is 10.1. The van der Waals surface area contributed by atoms with Crippen LogP contribution in [0.3, 0.4) is 0 Å². The van der Waals surface area contributed by atoms with Gasteiger partial charge in [0.15, 0.2) is 0 Å². The molecule has 0 aliphatic heterocycles. The van der Waals surface area contributed by atoms with Gasteiger partial charge in [0.2, 0.25) is 5.91 Å². The molecule has 0 bridgehead atoms. The highest BCUT2D eigenvalue weighted by molar-refractivity contribution is 6.43. The first-order chi connectivity index (χ1) is 12.1. The smallest absolute Gasteiger partial charge is 0.243 e. The van der Waals surface area contributed by atoms with Crippen LogP contribution in [-0.2, 0) is 9.53 Å². The number of rotatable bonds is 9. The molecular weight excluding hydrogens is 363 g/mol. The zero-order valence-electron chi connectivity index (χ0n) is 13.9. The molecule has 2 N–H and O–H groups in total. The minimum absolute atomic E-state index is 0.0490. The number of ether oxygens (including phenoxy) is 2. The molecule has 0 saturated heterocycles. The van der Waals surface area contributed by atoms with Gasteiger partial charge in [0.1, 0.15) is 12.4 Å². The summed E-state index contributed by atoms with van der Waals surface area (Å²) in [6.07, 6.45) is 0. The summed E-state index contributed by atoms with van der Waals surface area (Å²) in [5, 5.41) is 6.59. The van der Waals surface area contributed by atoms with E-state index in [-0.39, 0.29) is 12.5 Å². The molecule has 0 atom stereocenters. The number of carbonyl (C=O) groups is 1. The van der Waals surface area contributed by atoms with Gasteiger partial charge in [-0.15, -0.1) is 0 Å². The molecule has 2 rings (SSSR count). The van der Waals surface area contributed by atoms with Crippen LogP contribution < -0.4 is 15.4 Å². The maximum Gasteiger partial charge on any atom is 0.243 e. The SMILES string of the molecule is CCOCCOc1ccccc1NC(=O)CNc1cccc(Cl)c1Cl. The Balaban J connectivity index is 1.90. The lowest BCUT2D eigenvalue weighted by Crippen LogP contribution is -2.22. The van der Waals surface area contributed by atoms with E-state index in [0.29, 0.717) is 47.0 Å². The third kappa shape index (κ3) is 6.12. The van der Waals surface area contributed by atoms with Gasteiger partial charge in [-0.25, -0.2) is 0 Å². The normalized spacial score (nSPS) is 10.4. The Hall–Kier alpha value is -1.95. The Morgan fingerprint density at radius 2 is 1.80 bits per heavy atom. The van der Waals surface area contributed by atoms with Gasteiger partial charge in [0.25, 0.3) is 0 Å². The quantitative estimate of drug-likeness (QED) is 0.628. The molecule has 0 aromatic heterocycles. The maximum absolute atomic E-state index is 12.2. The van der Waals surface area contributed by atoms with Crippen molar-refractivity contribution in [3.8, 4) is 5.75 Å². The van der Waals surface area contributed by atoms with Crippen molar-refractivity contribution < 1.29 is 14.3 Å². The van der Waals surface area contributed by atoms with Crippen LogP contribution in [0, 0.1) is 0 Å². The van der Waals surface area contributed by atoms with Gasteiger partial charge >= 0.3 is 0 Å². The van der Waals surface area contributed by atoms with Gasteiger partial charge in [0.05, 0.1) is 34.6 Å². The molecule has 7 heteroatoms. The third-order valence-corrected chi connectivity index (χ3v) is 4.06.